The SMILES string of the molecule is CCSCC(C)NC(C)c1ccc(C)cc1O. The number of phenols is 1. The van der Waals surface area contributed by atoms with Crippen LogP contribution < -0.4 is 5.32 Å². The van der Waals surface area contributed by atoms with Gasteiger partial charge in [0.25, 0.3) is 0 Å². The summed E-state index contributed by atoms with van der Waals surface area (Å²) in [7, 11) is 0. The zero-order valence-electron chi connectivity index (χ0n) is 11.2. The van der Waals surface area contributed by atoms with E-state index in [2.05, 4.69) is 26.1 Å². The maximum atomic E-state index is 9.91. The van der Waals surface area contributed by atoms with Crippen LogP contribution in [0.15, 0.2) is 18.2 Å². The maximum Gasteiger partial charge on any atom is 0.120 e. The molecule has 0 saturated carbocycles. The van der Waals surface area contributed by atoms with Crippen LogP contribution in [0.5, 0.6) is 5.75 Å². The van der Waals surface area contributed by atoms with Crippen molar-refractivity contribution in [1.29, 1.82) is 0 Å². The molecule has 0 amide bonds. The van der Waals surface area contributed by atoms with Crippen LogP contribution >= 0.6 is 11.8 Å². The third-order valence-electron chi connectivity index (χ3n) is 2.76. The lowest BCUT2D eigenvalue weighted by atomic mass is 10.0. The van der Waals surface area contributed by atoms with Crippen molar-refractivity contribution in [2.24, 2.45) is 0 Å². The predicted molar refractivity (Wildman–Crippen MR) is 76.9 cm³/mol. The molecule has 0 aliphatic heterocycles. The van der Waals surface area contributed by atoms with Crippen LogP contribution in [0.4, 0.5) is 0 Å². The van der Waals surface area contributed by atoms with Crippen molar-refractivity contribution in [3.63, 3.8) is 0 Å². The quantitative estimate of drug-likeness (QED) is 0.814. The highest BCUT2D eigenvalue weighted by Crippen LogP contribution is 2.25. The Kier molecular flexibility index (Phi) is 5.86. The standard InChI is InChI=1S/C14H23NOS/c1-5-17-9-11(3)15-12(4)13-7-6-10(2)8-14(13)16/h6-8,11-12,15-16H,5,9H2,1-4H3. The third kappa shape index (κ3) is 4.60. The van der Waals surface area contributed by atoms with Crippen molar-refractivity contribution in [2.45, 2.75) is 39.8 Å². The first-order valence-electron chi connectivity index (χ1n) is 6.18. The monoisotopic (exact) mass is 253 g/mol. The van der Waals surface area contributed by atoms with Gasteiger partial charge in [0.1, 0.15) is 5.75 Å². The lowest BCUT2D eigenvalue weighted by molar-refractivity contribution is 0.443. The van der Waals surface area contributed by atoms with Gasteiger partial charge in [0.2, 0.25) is 0 Å². The van der Waals surface area contributed by atoms with Crippen molar-refractivity contribution < 1.29 is 5.11 Å². The minimum Gasteiger partial charge on any atom is -0.508 e. The molecule has 0 heterocycles. The topological polar surface area (TPSA) is 32.3 Å². The highest BCUT2D eigenvalue weighted by molar-refractivity contribution is 7.99. The summed E-state index contributed by atoms with van der Waals surface area (Å²) >= 11 is 1.94. The second kappa shape index (κ2) is 6.92. The fraction of sp³-hybridized carbons (Fsp3) is 0.571. The van der Waals surface area contributed by atoms with E-state index in [1.165, 1.54) is 0 Å². The van der Waals surface area contributed by atoms with E-state index in [-0.39, 0.29) is 6.04 Å². The summed E-state index contributed by atoms with van der Waals surface area (Å²) in [5.74, 6) is 2.64. The summed E-state index contributed by atoms with van der Waals surface area (Å²) in [5, 5.41) is 13.4. The van der Waals surface area contributed by atoms with Crippen LogP contribution in [0.25, 0.3) is 0 Å². The van der Waals surface area contributed by atoms with E-state index in [0.29, 0.717) is 11.8 Å². The molecular formula is C14H23NOS. The minimum atomic E-state index is 0.183. The van der Waals surface area contributed by atoms with E-state index >= 15 is 0 Å². The molecule has 1 aromatic carbocycles. The van der Waals surface area contributed by atoms with Crippen LogP contribution in [0, 0.1) is 6.92 Å². The van der Waals surface area contributed by atoms with Gasteiger partial charge >= 0.3 is 0 Å². The predicted octanol–water partition coefficient (Wildman–Crippen LogP) is 3.49. The van der Waals surface area contributed by atoms with Gasteiger partial charge in [0, 0.05) is 23.4 Å². The fourth-order valence-electron chi connectivity index (χ4n) is 1.88. The van der Waals surface area contributed by atoms with E-state index < -0.39 is 0 Å². The van der Waals surface area contributed by atoms with E-state index in [9.17, 15) is 5.11 Å². The highest BCUT2D eigenvalue weighted by Gasteiger charge is 2.12. The van der Waals surface area contributed by atoms with Gasteiger partial charge in [-0.3, -0.25) is 0 Å². The van der Waals surface area contributed by atoms with Crippen LogP contribution in [0.1, 0.15) is 37.9 Å². The zero-order valence-corrected chi connectivity index (χ0v) is 12.0. The molecule has 0 aromatic heterocycles. The van der Waals surface area contributed by atoms with Crippen LogP contribution in [0.3, 0.4) is 0 Å². The van der Waals surface area contributed by atoms with Crippen molar-refractivity contribution in [1.82, 2.24) is 5.32 Å². The number of benzene rings is 1. The molecule has 0 aliphatic rings. The van der Waals surface area contributed by atoms with Gasteiger partial charge in [-0.05, 0) is 38.2 Å². The molecule has 2 nitrogen and oxygen atoms in total. The van der Waals surface area contributed by atoms with Crippen molar-refractivity contribution >= 4 is 11.8 Å². The third-order valence-corrected chi connectivity index (χ3v) is 3.90. The number of hydrogen-bond donors (Lipinski definition) is 2. The van der Waals surface area contributed by atoms with Crippen LogP contribution in [0.2, 0.25) is 0 Å². The van der Waals surface area contributed by atoms with E-state index in [0.717, 1.165) is 22.6 Å². The van der Waals surface area contributed by atoms with Gasteiger partial charge in [-0.2, -0.15) is 11.8 Å². The first-order chi connectivity index (χ1) is 8.04. The van der Waals surface area contributed by atoms with Crippen molar-refractivity contribution in [3.8, 4) is 5.75 Å². The molecule has 2 N–H and O–H groups in total. The molecule has 96 valence electrons. The minimum absolute atomic E-state index is 0.183. The van der Waals surface area contributed by atoms with Gasteiger partial charge in [-0.15, -0.1) is 0 Å². The molecule has 2 unspecified atom stereocenters. The Labute approximate surface area is 109 Å². The molecule has 0 bridgehead atoms. The molecule has 0 radical (unpaired) electrons. The summed E-state index contributed by atoms with van der Waals surface area (Å²) < 4.78 is 0. The largest absolute Gasteiger partial charge is 0.508 e. The normalized spacial score (nSPS) is 14.6. The molecule has 0 saturated heterocycles. The molecule has 0 aliphatic carbocycles. The van der Waals surface area contributed by atoms with Gasteiger partial charge in [0.05, 0.1) is 0 Å². The Morgan fingerprint density at radius 2 is 2.06 bits per heavy atom. The highest BCUT2D eigenvalue weighted by atomic mass is 32.2. The number of thioether (sulfide) groups is 1. The number of nitrogens with one attached hydrogen (secondary N) is 1. The zero-order chi connectivity index (χ0) is 12.8. The van der Waals surface area contributed by atoms with Crippen molar-refractivity contribution in [2.75, 3.05) is 11.5 Å². The number of aromatic hydroxyl groups is 1. The Hall–Kier alpha value is -0.670. The van der Waals surface area contributed by atoms with Crippen LogP contribution in [-0.2, 0) is 0 Å². The molecule has 0 spiro atoms. The molecule has 0 fully saturated rings. The summed E-state index contributed by atoms with van der Waals surface area (Å²) in [6.45, 7) is 8.44. The van der Waals surface area contributed by atoms with Crippen molar-refractivity contribution in [3.05, 3.63) is 29.3 Å². The number of hydrogen-bond acceptors (Lipinski definition) is 3. The molecular weight excluding hydrogens is 230 g/mol. The molecule has 17 heavy (non-hydrogen) atoms. The molecule has 3 heteroatoms. The first-order valence-corrected chi connectivity index (χ1v) is 7.33. The second-order valence-corrected chi connectivity index (χ2v) is 5.83. The van der Waals surface area contributed by atoms with E-state index in [4.69, 9.17) is 0 Å². The molecule has 1 rings (SSSR count). The first kappa shape index (κ1) is 14.4. The maximum absolute atomic E-state index is 9.91. The smallest absolute Gasteiger partial charge is 0.120 e. The average Bonchev–Trinajstić information content (AvgIpc) is 2.26. The number of aryl methyl sites for hydroxylation is 1. The Morgan fingerprint density at radius 3 is 2.65 bits per heavy atom. The van der Waals surface area contributed by atoms with Gasteiger partial charge in [-0.25, -0.2) is 0 Å². The Bertz CT molecular complexity index is 354. The lowest BCUT2D eigenvalue weighted by Crippen LogP contribution is -2.31. The number of rotatable bonds is 6. The second-order valence-electron chi connectivity index (χ2n) is 4.51. The Morgan fingerprint density at radius 1 is 1.35 bits per heavy atom. The summed E-state index contributed by atoms with van der Waals surface area (Å²) in [6.07, 6.45) is 0. The lowest BCUT2D eigenvalue weighted by Gasteiger charge is -2.21. The van der Waals surface area contributed by atoms with Crippen LogP contribution in [-0.4, -0.2) is 22.7 Å². The number of phenolic OH excluding ortho intramolecular Hbond substituents is 1. The Balaban J connectivity index is 2.60. The van der Waals surface area contributed by atoms with Gasteiger partial charge < -0.3 is 10.4 Å². The van der Waals surface area contributed by atoms with Gasteiger partial charge in [-0.1, -0.05) is 19.1 Å². The summed E-state index contributed by atoms with van der Waals surface area (Å²) in [4.78, 5) is 0. The summed E-state index contributed by atoms with van der Waals surface area (Å²) in [6, 6.07) is 6.50. The summed E-state index contributed by atoms with van der Waals surface area (Å²) in [5.41, 5.74) is 2.07. The van der Waals surface area contributed by atoms with E-state index in [1.807, 2.05) is 36.9 Å². The average molecular weight is 253 g/mol. The molecule has 1 aromatic rings. The molecule has 2 atom stereocenters. The van der Waals surface area contributed by atoms with Gasteiger partial charge in [0.15, 0.2) is 0 Å². The van der Waals surface area contributed by atoms with E-state index in [1.54, 1.807) is 0 Å². The fourth-order valence-corrected chi connectivity index (χ4v) is 2.56.